The summed E-state index contributed by atoms with van der Waals surface area (Å²) in [7, 11) is 0. The Bertz CT molecular complexity index is 323. The number of rotatable bonds is 2. The summed E-state index contributed by atoms with van der Waals surface area (Å²) in [6.45, 7) is 0. The van der Waals surface area contributed by atoms with Crippen molar-refractivity contribution in [1.29, 1.82) is 0 Å². The molecule has 1 aromatic carbocycles. The first-order valence-corrected chi connectivity index (χ1v) is 5.70. The zero-order chi connectivity index (χ0) is 9.97. The van der Waals surface area contributed by atoms with Crippen molar-refractivity contribution in [3.05, 3.63) is 29.3 Å². The Kier molecular flexibility index (Phi) is 3.06. The fourth-order valence-electron chi connectivity index (χ4n) is 1.89. The molecule has 0 atom stereocenters. The van der Waals surface area contributed by atoms with Gasteiger partial charge in [0.25, 0.3) is 5.76 Å². The van der Waals surface area contributed by atoms with Crippen LogP contribution in [0.2, 0.25) is 0 Å². The van der Waals surface area contributed by atoms with Crippen molar-refractivity contribution in [1.82, 2.24) is 0 Å². The van der Waals surface area contributed by atoms with Crippen LogP contribution in [0.25, 0.3) is 0 Å². The molecule has 0 bridgehead atoms. The Morgan fingerprint density at radius 3 is 2.50 bits per heavy atom. The molecule has 0 heterocycles. The average Bonchev–Trinajstić information content (AvgIpc) is 2.17. The van der Waals surface area contributed by atoms with E-state index in [0.717, 1.165) is 12.8 Å². The van der Waals surface area contributed by atoms with Crippen molar-refractivity contribution < 1.29 is 8.78 Å². The molecule has 1 aliphatic carbocycles. The molecule has 0 spiro atoms. The van der Waals surface area contributed by atoms with Crippen molar-refractivity contribution in [2.24, 2.45) is 0 Å². The number of halogens is 2. The molecule has 3 heteroatoms. The third-order valence-electron chi connectivity index (χ3n) is 2.55. The minimum atomic E-state index is -2.31. The van der Waals surface area contributed by atoms with Gasteiger partial charge in [-0.1, -0.05) is 17.8 Å². The van der Waals surface area contributed by atoms with Gasteiger partial charge in [0.15, 0.2) is 0 Å². The maximum absolute atomic E-state index is 12.1. The molecule has 0 unspecified atom stereocenters. The standard InChI is InChI=1S/C11H12F2S/c12-11(13)14-10-6-5-8-3-1-2-4-9(8)7-10/h5-7,11H,1-4H2. The Labute approximate surface area is 86.7 Å². The number of alkyl halides is 2. The van der Waals surface area contributed by atoms with E-state index in [2.05, 4.69) is 0 Å². The summed E-state index contributed by atoms with van der Waals surface area (Å²) in [5.74, 6) is -2.31. The molecule has 0 N–H and O–H groups in total. The average molecular weight is 214 g/mol. The van der Waals surface area contributed by atoms with Gasteiger partial charge in [-0.25, -0.2) is 0 Å². The van der Waals surface area contributed by atoms with E-state index in [1.807, 2.05) is 12.1 Å². The van der Waals surface area contributed by atoms with E-state index >= 15 is 0 Å². The van der Waals surface area contributed by atoms with Gasteiger partial charge in [0.1, 0.15) is 0 Å². The van der Waals surface area contributed by atoms with Crippen molar-refractivity contribution in [2.75, 3.05) is 0 Å². The largest absolute Gasteiger partial charge is 0.288 e. The lowest BCUT2D eigenvalue weighted by Crippen LogP contribution is -2.02. The monoisotopic (exact) mass is 214 g/mol. The maximum Gasteiger partial charge on any atom is 0.288 e. The first-order valence-electron chi connectivity index (χ1n) is 4.82. The van der Waals surface area contributed by atoms with E-state index in [1.54, 1.807) is 6.07 Å². The van der Waals surface area contributed by atoms with Crippen LogP contribution in [0.1, 0.15) is 24.0 Å². The number of benzene rings is 1. The second kappa shape index (κ2) is 4.30. The van der Waals surface area contributed by atoms with Crippen LogP contribution in [0.5, 0.6) is 0 Å². The van der Waals surface area contributed by atoms with E-state index in [9.17, 15) is 8.78 Å². The SMILES string of the molecule is FC(F)Sc1ccc2c(c1)CCCC2. The number of hydrogen-bond donors (Lipinski definition) is 0. The van der Waals surface area contributed by atoms with Gasteiger partial charge in [-0.05, 0) is 48.9 Å². The summed E-state index contributed by atoms with van der Waals surface area (Å²) >= 11 is 0.638. The van der Waals surface area contributed by atoms with Gasteiger partial charge >= 0.3 is 0 Å². The van der Waals surface area contributed by atoms with Gasteiger partial charge in [0.05, 0.1) is 0 Å². The predicted molar refractivity (Wildman–Crippen MR) is 54.9 cm³/mol. The molecule has 2 rings (SSSR count). The van der Waals surface area contributed by atoms with E-state index in [0.29, 0.717) is 16.7 Å². The third-order valence-corrected chi connectivity index (χ3v) is 3.25. The molecule has 0 saturated heterocycles. The zero-order valence-corrected chi connectivity index (χ0v) is 8.62. The first-order chi connectivity index (χ1) is 6.75. The molecule has 1 aromatic rings. The third kappa shape index (κ3) is 2.27. The van der Waals surface area contributed by atoms with Crippen molar-refractivity contribution in [3.63, 3.8) is 0 Å². The van der Waals surface area contributed by atoms with Gasteiger partial charge < -0.3 is 0 Å². The quantitative estimate of drug-likeness (QED) is 0.673. The highest BCUT2D eigenvalue weighted by Crippen LogP contribution is 2.29. The summed E-state index contributed by atoms with van der Waals surface area (Å²) in [4.78, 5) is 0.695. The maximum atomic E-state index is 12.1. The number of aryl methyl sites for hydroxylation is 2. The summed E-state index contributed by atoms with van der Waals surface area (Å²) < 4.78 is 24.2. The van der Waals surface area contributed by atoms with Crippen LogP contribution in [0.4, 0.5) is 8.78 Å². The highest BCUT2D eigenvalue weighted by molar-refractivity contribution is 7.99. The summed E-state index contributed by atoms with van der Waals surface area (Å²) in [5, 5.41) is 0. The molecule has 0 aliphatic heterocycles. The number of fused-ring (bicyclic) bond motifs is 1. The number of hydrogen-bond acceptors (Lipinski definition) is 1. The molecule has 0 amide bonds. The summed E-state index contributed by atoms with van der Waals surface area (Å²) in [6, 6.07) is 5.73. The van der Waals surface area contributed by atoms with Crippen molar-refractivity contribution in [2.45, 2.75) is 36.3 Å². The van der Waals surface area contributed by atoms with Crippen LogP contribution in [0.15, 0.2) is 23.1 Å². The second-order valence-corrected chi connectivity index (χ2v) is 4.58. The molecule has 0 saturated carbocycles. The Hall–Kier alpha value is -0.570. The summed E-state index contributed by atoms with van der Waals surface area (Å²) in [5.41, 5.74) is 2.61. The van der Waals surface area contributed by atoms with Crippen LogP contribution in [0.3, 0.4) is 0 Å². The second-order valence-electron chi connectivity index (χ2n) is 3.52. The minimum absolute atomic E-state index is 0.638. The van der Waals surface area contributed by atoms with Crippen LogP contribution in [-0.4, -0.2) is 5.76 Å². The smallest absolute Gasteiger partial charge is 0.198 e. The molecule has 0 radical (unpaired) electrons. The molecule has 76 valence electrons. The minimum Gasteiger partial charge on any atom is -0.198 e. The Balaban J connectivity index is 2.20. The zero-order valence-electron chi connectivity index (χ0n) is 7.80. The molecule has 0 aromatic heterocycles. The highest BCUT2D eigenvalue weighted by Gasteiger charge is 2.11. The van der Waals surface area contributed by atoms with Crippen LogP contribution in [-0.2, 0) is 12.8 Å². The molecule has 14 heavy (non-hydrogen) atoms. The Morgan fingerprint density at radius 1 is 1.07 bits per heavy atom. The van der Waals surface area contributed by atoms with Gasteiger partial charge in [0.2, 0.25) is 0 Å². The predicted octanol–water partition coefficient (Wildman–Crippen LogP) is 3.88. The normalized spacial score (nSPS) is 15.6. The fraction of sp³-hybridized carbons (Fsp3) is 0.455. The molecular weight excluding hydrogens is 202 g/mol. The fourth-order valence-corrected chi connectivity index (χ4v) is 2.45. The number of thioether (sulfide) groups is 1. The lowest BCUT2D eigenvalue weighted by atomic mass is 9.92. The summed E-state index contributed by atoms with van der Waals surface area (Å²) in [6.07, 6.45) is 4.58. The molecule has 1 aliphatic rings. The van der Waals surface area contributed by atoms with Crippen molar-refractivity contribution in [3.8, 4) is 0 Å². The topological polar surface area (TPSA) is 0 Å². The van der Waals surface area contributed by atoms with Gasteiger partial charge in [-0.15, -0.1) is 0 Å². The Morgan fingerprint density at radius 2 is 1.79 bits per heavy atom. The van der Waals surface area contributed by atoms with Crippen LogP contribution >= 0.6 is 11.8 Å². The van der Waals surface area contributed by atoms with Gasteiger partial charge in [-0.3, -0.25) is 0 Å². The lowest BCUT2D eigenvalue weighted by Gasteiger charge is -2.16. The first kappa shape index (κ1) is 9.97. The van der Waals surface area contributed by atoms with E-state index < -0.39 is 5.76 Å². The molecule has 0 nitrogen and oxygen atoms in total. The van der Waals surface area contributed by atoms with E-state index in [1.165, 1.54) is 24.0 Å². The van der Waals surface area contributed by atoms with Crippen LogP contribution in [0, 0.1) is 0 Å². The van der Waals surface area contributed by atoms with E-state index in [4.69, 9.17) is 0 Å². The van der Waals surface area contributed by atoms with Crippen molar-refractivity contribution >= 4 is 11.8 Å². The molecular formula is C11H12F2S. The van der Waals surface area contributed by atoms with Crippen LogP contribution < -0.4 is 0 Å². The van der Waals surface area contributed by atoms with Gasteiger partial charge in [0, 0.05) is 4.90 Å². The highest BCUT2D eigenvalue weighted by atomic mass is 32.2. The van der Waals surface area contributed by atoms with E-state index in [-0.39, 0.29) is 0 Å². The molecule has 0 fully saturated rings. The lowest BCUT2D eigenvalue weighted by molar-refractivity contribution is 0.252. The van der Waals surface area contributed by atoms with Gasteiger partial charge in [-0.2, -0.15) is 8.78 Å².